The first-order valence-corrected chi connectivity index (χ1v) is 16.8. The molecule has 14 nitrogen and oxygen atoms in total. The summed E-state index contributed by atoms with van der Waals surface area (Å²) in [5, 5.41) is 10.6. The Balaban J connectivity index is 1.77. The number of hydrogen-bond acceptors (Lipinski definition) is 13. The summed E-state index contributed by atoms with van der Waals surface area (Å²) in [7, 11) is 0. The van der Waals surface area contributed by atoms with E-state index in [1.165, 1.54) is 6.92 Å². The Morgan fingerprint density at radius 1 is 1.40 bits per heavy atom. The minimum atomic E-state index is -3.52. The maximum Gasteiger partial charge on any atom is 0.323 e. The van der Waals surface area contributed by atoms with Crippen LogP contribution in [0.4, 0.5) is 10.3 Å². The van der Waals surface area contributed by atoms with E-state index < -0.39 is 59.8 Å². The maximum atomic E-state index is 15.7. The van der Waals surface area contributed by atoms with Crippen LogP contribution in [0.3, 0.4) is 0 Å². The molecule has 1 saturated heterocycles. The van der Waals surface area contributed by atoms with Crippen molar-refractivity contribution < 1.29 is 37.6 Å². The standard InChI is InChI=1S/C23H35ClFN6O8PS2/c1-11(2)38-18(34)12(3)30-40(41,36-7-8-42-20(35)22(4,5)6)37-9-13-15(32)23(24,25)19(39-13)31-10-27-14-16(31)28-21(26)29-17(14)33/h10-13,15,19,32H,7-9H2,1-6H3,(H,30,41)(H3,26,28,29,33)/t12-,13+,15+,19+,23-,40-/m0/s1. The van der Waals surface area contributed by atoms with Gasteiger partial charge in [-0.25, -0.2) is 14.5 Å². The summed E-state index contributed by atoms with van der Waals surface area (Å²) >= 11 is 12.8. The fraction of sp³-hybridized carbons (Fsp3) is 0.696. The van der Waals surface area contributed by atoms with E-state index in [0.29, 0.717) is 0 Å². The van der Waals surface area contributed by atoms with E-state index in [4.69, 9.17) is 47.7 Å². The highest BCUT2D eigenvalue weighted by molar-refractivity contribution is 8.13. The predicted octanol–water partition coefficient (Wildman–Crippen LogP) is 2.36. The fourth-order valence-corrected chi connectivity index (χ4v) is 7.20. The number of esters is 1. The SMILES string of the molecule is CC(C)OC(=O)[C@H](C)N[P@](=S)(OCCSC(=O)C(C)(C)C)OC[C@H]1O[C@@H](n2cnc3c(=O)[nH]c(N)nc32)[C@](F)(Cl)[C@@H]1O. The van der Waals surface area contributed by atoms with Gasteiger partial charge in [0.05, 0.1) is 25.6 Å². The Kier molecular flexibility index (Phi) is 11.2. The van der Waals surface area contributed by atoms with Crippen LogP contribution >= 0.6 is 30.0 Å². The van der Waals surface area contributed by atoms with Crippen LogP contribution in [-0.4, -0.2) is 84.2 Å². The van der Waals surface area contributed by atoms with Gasteiger partial charge in [-0.1, -0.05) is 44.1 Å². The number of rotatable bonds is 12. The average Bonchev–Trinajstić information content (AvgIpc) is 3.37. The maximum absolute atomic E-state index is 15.7. The van der Waals surface area contributed by atoms with Gasteiger partial charge in [0.25, 0.3) is 17.3 Å². The zero-order valence-corrected chi connectivity index (χ0v) is 27.1. The third-order valence-electron chi connectivity index (χ3n) is 5.74. The van der Waals surface area contributed by atoms with Crippen molar-refractivity contribution in [1.29, 1.82) is 0 Å². The normalized spacial score (nSPS) is 25.0. The Hall–Kier alpha value is -1.69. The van der Waals surface area contributed by atoms with Gasteiger partial charge in [-0.2, -0.15) is 4.98 Å². The van der Waals surface area contributed by atoms with Gasteiger partial charge in [0.1, 0.15) is 18.2 Å². The van der Waals surface area contributed by atoms with E-state index in [2.05, 4.69) is 20.0 Å². The molecule has 1 fully saturated rings. The minimum absolute atomic E-state index is 0.0232. The number of aliphatic hydroxyl groups is 1. The number of anilines is 1. The van der Waals surface area contributed by atoms with Crippen LogP contribution in [-0.2, 0) is 39.9 Å². The van der Waals surface area contributed by atoms with Crippen LogP contribution in [0.1, 0.15) is 47.8 Å². The topological polar surface area (TPSA) is 193 Å². The summed E-state index contributed by atoms with van der Waals surface area (Å²) in [4.78, 5) is 47.0. The molecule has 6 atom stereocenters. The lowest BCUT2D eigenvalue weighted by molar-refractivity contribution is -0.149. The molecule has 0 unspecified atom stereocenters. The molecule has 2 aromatic rings. The second-order valence-corrected chi connectivity index (χ2v) is 15.6. The van der Waals surface area contributed by atoms with E-state index in [9.17, 15) is 19.5 Å². The van der Waals surface area contributed by atoms with Gasteiger partial charge >= 0.3 is 5.97 Å². The molecule has 19 heteroatoms. The molecule has 3 heterocycles. The summed E-state index contributed by atoms with van der Waals surface area (Å²) in [6.45, 7) is 6.19. The van der Waals surface area contributed by atoms with Crippen molar-refractivity contribution in [3.05, 3.63) is 16.7 Å². The van der Waals surface area contributed by atoms with Gasteiger partial charge in [0.2, 0.25) is 5.95 Å². The molecule has 2 aromatic heterocycles. The third-order valence-corrected chi connectivity index (χ3v) is 10.1. The third kappa shape index (κ3) is 8.27. The van der Waals surface area contributed by atoms with Crippen LogP contribution in [0, 0.1) is 5.41 Å². The quantitative estimate of drug-likeness (QED) is 0.111. The number of nitrogens with zero attached hydrogens (tertiary/aromatic N) is 3. The number of hydrogen-bond donors (Lipinski definition) is 4. The molecule has 0 spiro atoms. The van der Waals surface area contributed by atoms with Gasteiger partial charge in [0, 0.05) is 11.2 Å². The molecule has 42 heavy (non-hydrogen) atoms. The van der Waals surface area contributed by atoms with Crippen molar-refractivity contribution in [2.24, 2.45) is 5.41 Å². The number of nitrogens with one attached hydrogen (secondary N) is 2. The number of H-pyrrole nitrogens is 1. The summed E-state index contributed by atoms with van der Waals surface area (Å²) in [6, 6.07) is -0.954. The lowest BCUT2D eigenvalue weighted by Crippen LogP contribution is -2.39. The van der Waals surface area contributed by atoms with Gasteiger partial charge < -0.3 is 29.4 Å². The highest BCUT2D eigenvalue weighted by Gasteiger charge is 2.58. The van der Waals surface area contributed by atoms with E-state index in [1.807, 2.05) is 0 Å². The molecule has 0 aromatic carbocycles. The van der Waals surface area contributed by atoms with E-state index in [-0.39, 0.29) is 40.7 Å². The molecule has 1 aliphatic heterocycles. The first kappa shape index (κ1) is 34.8. The fourth-order valence-electron chi connectivity index (χ4n) is 3.64. The van der Waals surface area contributed by atoms with Gasteiger partial charge in [-0.3, -0.25) is 23.9 Å². The van der Waals surface area contributed by atoms with E-state index >= 15 is 4.39 Å². The van der Waals surface area contributed by atoms with Crippen LogP contribution in [0.15, 0.2) is 11.1 Å². The van der Waals surface area contributed by atoms with Crippen molar-refractivity contribution in [2.45, 2.75) is 77.3 Å². The Morgan fingerprint density at radius 2 is 2.07 bits per heavy atom. The number of alkyl halides is 2. The predicted molar refractivity (Wildman–Crippen MR) is 159 cm³/mol. The first-order chi connectivity index (χ1) is 19.4. The smallest absolute Gasteiger partial charge is 0.323 e. The highest BCUT2D eigenvalue weighted by atomic mass is 35.5. The number of thioether (sulfide) groups is 1. The van der Waals surface area contributed by atoms with Crippen molar-refractivity contribution >= 4 is 70.0 Å². The van der Waals surface area contributed by atoms with Crippen LogP contribution in [0.25, 0.3) is 11.2 Å². The second kappa shape index (κ2) is 13.5. The lowest BCUT2D eigenvalue weighted by atomic mass is 10.00. The molecular formula is C23H35ClFN6O8PS2. The van der Waals surface area contributed by atoms with E-state index in [1.54, 1.807) is 34.6 Å². The molecule has 0 saturated carbocycles. The molecule has 5 N–H and O–H groups in total. The van der Waals surface area contributed by atoms with Crippen molar-refractivity contribution in [3.63, 3.8) is 0 Å². The average molecular weight is 673 g/mol. The number of halogens is 2. The number of aromatic nitrogens is 4. The van der Waals surface area contributed by atoms with Crippen molar-refractivity contribution in [2.75, 3.05) is 24.7 Å². The Morgan fingerprint density at radius 3 is 2.69 bits per heavy atom. The summed E-state index contributed by atoms with van der Waals surface area (Å²) in [5.41, 5.74) is 4.13. The van der Waals surface area contributed by atoms with E-state index in [0.717, 1.165) is 22.7 Å². The number of aliphatic hydroxyl groups excluding tert-OH is 1. The molecule has 0 amide bonds. The molecule has 3 rings (SSSR count). The Labute approximate surface area is 255 Å². The first-order valence-electron chi connectivity index (χ1n) is 12.8. The van der Waals surface area contributed by atoms with Crippen LogP contribution in [0.2, 0.25) is 0 Å². The zero-order valence-electron chi connectivity index (χ0n) is 23.8. The monoisotopic (exact) mass is 672 g/mol. The Bertz CT molecular complexity index is 1400. The van der Waals surface area contributed by atoms with Gasteiger partial charge in [-0.05, 0) is 32.6 Å². The lowest BCUT2D eigenvalue weighted by Gasteiger charge is -2.28. The number of imidazole rings is 1. The van der Waals surface area contributed by atoms with Crippen molar-refractivity contribution in [3.8, 4) is 0 Å². The minimum Gasteiger partial charge on any atom is -0.462 e. The number of nitrogen functional groups attached to an aromatic ring is 1. The second-order valence-electron chi connectivity index (χ2n) is 10.8. The number of aromatic amines is 1. The molecular weight excluding hydrogens is 638 g/mol. The largest absolute Gasteiger partial charge is 0.462 e. The number of ether oxygens (including phenoxy) is 2. The van der Waals surface area contributed by atoms with Crippen LogP contribution in [0.5, 0.6) is 0 Å². The summed E-state index contributed by atoms with van der Waals surface area (Å²) in [5.74, 6) is -0.617. The molecule has 236 valence electrons. The molecule has 0 aliphatic carbocycles. The van der Waals surface area contributed by atoms with Crippen molar-refractivity contribution in [1.82, 2.24) is 24.6 Å². The summed E-state index contributed by atoms with van der Waals surface area (Å²) < 4.78 is 39.3. The zero-order chi connectivity index (χ0) is 31.6. The molecule has 0 radical (unpaired) electrons. The molecule has 1 aliphatic rings. The summed E-state index contributed by atoms with van der Waals surface area (Å²) in [6.07, 6.45) is -4.31. The molecule has 0 bridgehead atoms. The van der Waals surface area contributed by atoms with Gasteiger partial charge in [0.15, 0.2) is 22.5 Å². The number of carbonyl (C=O) groups excluding carboxylic acids is 2. The number of carbonyl (C=O) groups is 2. The number of nitrogens with two attached hydrogens (primary N) is 1. The highest BCUT2D eigenvalue weighted by Crippen LogP contribution is 2.49. The van der Waals surface area contributed by atoms with Gasteiger partial charge in [-0.15, -0.1) is 0 Å². The number of fused-ring (bicyclic) bond motifs is 1. The van der Waals surface area contributed by atoms with Crippen LogP contribution < -0.4 is 16.4 Å².